The van der Waals surface area contributed by atoms with Crippen LogP contribution in [0.25, 0.3) is 192 Å². The van der Waals surface area contributed by atoms with Crippen molar-refractivity contribution in [1.82, 2.24) is 74.8 Å². The Bertz CT molecular complexity index is 6330. The fourth-order valence-corrected chi connectivity index (χ4v) is 13.2. The monoisotopic (exact) mass is 1400 g/mol. The zero-order chi connectivity index (χ0) is 72.8. The molecule has 0 N–H and O–H groups in total. The second-order valence-electron chi connectivity index (χ2n) is 26.1. The first kappa shape index (κ1) is 65.9. The highest BCUT2D eigenvalue weighted by atomic mass is 14.9. The van der Waals surface area contributed by atoms with E-state index >= 15 is 0 Å². The van der Waals surface area contributed by atoms with Crippen molar-refractivity contribution in [3.63, 3.8) is 0 Å². The molecule has 0 bridgehead atoms. The van der Waals surface area contributed by atoms with Crippen LogP contribution < -0.4 is 0 Å². The van der Waals surface area contributed by atoms with Crippen LogP contribution in [0.3, 0.4) is 0 Å². The molecule has 0 amide bonds. The molecule has 15 heteroatoms. The first-order valence-electron chi connectivity index (χ1n) is 35.6. The molecule has 0 aliphatic rings. The van der Waals surface area contributed by atoms with E-state index in [4.69, 9.17) is 54.8 Å². The molecule has 15 aromatic heterocycles. The van der Waals surface area contributed by atoms with Gasteiger partial charge in [0.1, 0.15) is 0 Å². The lowest BCUT2D eigenvalue weighted by Gasteiger charge is -2.12. The summed E-state index contributed by atoms with van der Waals surface area (Å²) in [6.07, 6.45) is 16.4. The highest BCUT2D eigenvalue weighted by Gasteiger charge is 2.19. The molecule has 0 saturated heterocycles. The van der Waals surface area contributed by atoms with E-state index in [2.05, 4.69) is 142 Å². The smallest absolute Gasteiger partial charge is 0.0900 e. The van der Waals surface area contributed by atoms with Crippen molar-refractivity contribution in [1.29, 1.82) is 0 Å². The van der Waals surface area contributed by atoms with Crippen LogP contribution in [0.5, 0.6) is 0 Å². The summed E-state index contributed by atoms with van der Waals surface area (Å²) in [6.45, 7) is 2.09. The summed E-state index contributed by atoms with van der Waals surface area (Å²) in [5, 5.41) is 0. The van der Waals surface area contributed by atoms with Gasteiger partial charge < -0.3 is 0 Å². The molecule has 0 saturated carbocycles. The number of aromatic nitrogens is 15. The largest absolute Gasteiger partial charge is 0.256 e. The topological polar surface area (TPSA) is 193 Å². The van der Waals surface area contributed by atoms with Crippen LogP contribution in [-0.4, -0.2) is 74.8 Å². The fraction of sp³-hybridized carbons (Fsp3) is 0.0106. The highest BCUT2D eigenvalue weighted by Crippen LogP contribution is 2.37. The first-order valence-corrected chi connectivity index (χ1v) is 35.6. The maximum Gasteiger partial charge on any atom is 0.0900 e. The third-order valence-electron chi connectivity index (χ3n) is 18.9. The second kappa shape index (κ2) is 29.6. The van der Waals surface area contributed by atoms with Gasteiger partial charge >= 0.3 is 0 Å². The van der Waals surface area contributed by atoms with E-state index in [1.165, 1.54) is 5.56 Å². The molecule has 0 spiro atoms. The molecule has 0 radical (unpaired) electrons. The molecule has 0 aliphatic heterocycles. The molecule has 0 fully saturated rings. The van der Waals surface area contributed by atoms with Gasteiger partial charge in [-0.05, 0) is 244 Å². The molecule has 0 atom stereocenters. The predicted molar refractivity (Wildman–Crippen MR) is 431 cm³/mol. The van der Waals surface area contributed by atoms with Gasteiger partial charge in [-0.15, -0.1) is 0 Å². The summed E-state index contributed by atoms with van der Waals surface area (Å²) in [6, 6.07) is 99.6. The molecular formula is C94H61N15. The summed E-state index contributed by atoms with van der Waals surface area (Å²) in [7, 11) is 0. The zero-order valence-electron chi connectivity index (χ0n) is 58.7. The summed E-state index contributed by atoms with van der Waals surface area (Å²) in [4.78, 5) is 73.6. The minimum absolute atomic E-state index is 0.672. The Labute approximate surface area is 628 Å². The predicted octanol–water partition coefficient (Wildman–Crippen LogP) is 21.3. The van der Waals surface area contributed by atoms with E-state index in [0.717, 1.165) is 146 Å². The van der Waals surface area contributed by atoms with E-state index in [1.807, 2.05) is 219 Å². The summed E-state index contributed by atoms with van der Waals surface area (Å²) in [5.41, 5.74) is 29.6. The Balaban J connectivity index is 0.619. The van der Waals surface area contributed by atoms with Gasteiger partial charge in [0.15, 0.2) is 0 Å². The number of pyridine rings is 15. The van der Waals surface area contributed by atoms with E-state index in [1.54, 1.807) is 18.6 Å². The van der Waals surface area contributed by atoms with Crippen molar-refractivity contribution < 1.29 is 0 Å². The third kappa shape index (κ3) is 14.4. The van der Waals surface area contributed by atoms with Crippen LogP contribution in [0, 0.1) is 6.92 Å². The van der Waals surface area contributed by atoms with E-state index in [0.29, 0.717) is 45.6 Å². The second-order valence-corrected chi connectivity index (χ2v) is 26.1. The Morgan fingerprint density at radius 2 is 0.376 bits per heavy atom. The van der Waals surface area contributed by atoms with E-state index < -0.39 is 0 Å². The molecule has 3 aromatic carbocycles. The molecule has 512 valence electrons. The number of aryl methyl sites for hydroxylation is 1. The average Bonchev–Trinajstić information content (AvgIpc) is 0.797. The van der Waals surface area contributed by atoms with Crippen LogP contribution in [0.1, 0.15) is 5.56 Å². The van der Waals surface area contributed by atoms with Crippen LogP contribution in [0.4, 0.5) is 0 Å². The SMILES string of the molecule is Cc1ccc(-c2ccnc(-c3cccc(-c4cccc(-c5cc(-c6ccc(-c7ccnc(-c8cc(-c9ccc(-c%10ccnc(-c%11ccccn%11)c%10)cc9)cc(-c9cccc(-c%10ccc(-c%11ccc(-c%12cc(-c%13ccccn%13)nc(-c%13cccc(-c%14ccccn%14)n%13)c%12)cn%11)cn%10)n9)n8)c7)cc6)ccn5)n4)n3)c2)cc1. The van der Waals surface area contributed by atoms with Crippen LogP contribution in [0.2, 0.25) is 0 Å². The fourth-order valence-electron chi connectivity index (χ4n) is 13.2. The molecule has 15 heterocycles. The van der Waals surface area contributed by atoms with Crippen molar-refractivity contribution >= 4 is 0 Å². The average molecular weight is 1400 g/mol. The first-order chi connectivity index (χ1) is 53.8. The number of hydrogen-bond donors (Lipinski definition) is 0. The maximum atomic E-state index is 5.36. The van der Waals surface area contributed by atoms with Gasteiger partial charge in [0.25, 0.3) is 0 Å². The molecule has 109 heavy (non-hydrogen) atoms. The molecule has 18 aromatic rings. The third-order valence-corrected chi connectivity index (χ3v) is 18.9. The summed E-state index contributed by atoms with van der Waals surface area (Å²) in [5.74, 6) is 0. The molecule has 15 nitrogen and oxygen atoms in total. The molecule has 0 aliphatic carbocycles. The van der Waals surface area contributed by atoms with E-state index in [-0.39, 0.29) is 0 Å². The Kier molecular flexibility index (Phi) is 17.9. The van der Waals surface area contributed by atoms with Crippen LogP contribution >= 0.6 is 0 Å². The lowest BCUT2D eigenvalue weighted by molar-refractivity contribution is 1.20. The molecular weight excluding hydrogens is 1340 g/mol. The minimum Gasteiger partial charge on any atom is -0.256 e. The van der Waals surface area contributed by atoms with Gasteiger partial charge in [0, 0.05) is 66.9 Å². The van der Waals surface area contributed by atoms with E-state index in [9.17, 15) is 0 Å². The number of rotatable bonds is 17. The standard InChI is InChI=1S/C94H61N15/c1-60-23-25-61(26-24-60)67-40-47-99-88(51-67)83-19-10-17-81(106-83)82-18-11-20-84(107-82)89-52-68(41-48-100-89)62-27-29-63(30-28-62)69-42-49-101-90(53-69)94-55-72(65-33-31-64(32-34-65)66-39-46-98-87(50-66)76-13-3-6-44-96-76)54-92(109-94)85-22-9-16-80(105-85)78-38-36-71(59-103-78)74-37-35-70(58-102-74)73-56-91(77-14-4-7-45-97-77)108-93(57-73)86-21-8-15-79(104-86)75-12-2-5-43-95-75/h2-59H,1H3. The quantitative estimate of drug-likeness (QED) is 0.0835. The zero-order valence-corrected chi connectivity index (χ0v) is 58.7. The molecule has 18 rings (SSSR count). The van der Waals surface area contributed by atoms with Gasteiger partial charge in [-0.1, -0.05) is 127 Å². The number of hydrogen-bond acceptors (Lipinski definition) is 15. The number of nitrogens with zero attached hydrogens (tertiary/aromatic N) is 15. The van der Waals surface area contributed by atoms with Gasteiger partial charge in [0.05, 0.1) is 120 Å². The Morgan fingerprint density at radius 1 is 0.138 bits per heavy atom. The summed E-state index contributed by atoms with van der Waals surface area (Å²) >= 11 is 0. The highest BCUT2D eigenvalue weighted by molar-refractivity contribution is 5.82. The molecule has 0 unspecified atom stereocenters. The van der Waals surface area contributed by atoms with Gasteiger partial charge in [-0.3, -0.25) is 44.9 Å². The summed E-state index contributed by atoms with van der Waals surface area (Å²) < 4.78 is 0. The van der Waals surface area contributed by atoms with Gasteiger partial charge in [-0.2, -0.15) is 0 Å². The van der Waals surface area contributed by atoms with Crippen molar-refractivity contribution in [3.05, 3.63) is 359 Å². The lowest BCUT2D eigenvalue weighted by atomic mass is 9.98. The number of benzene rings is 3. The maximum absolute atomic E-state index is 5.36. The van der Waals surface area contributed by atoms with Crippen molar-refractivity contribution in [2.45, 2.75) is 6.92 Å². The van der Waals surface area contributed by atoms with Crippen LogP contribution in [0.15, 0.2) is 353 Å². The van der Waals surface area contributed by atoms with Crippen LogP contribution in [-0.2, 0) is 0 Å². The Morgan fingerprint density at radius 3 is 0.761 bits per heavy atom. The van der Waals surface area contributed by atoms with Crippen molar-refractivity contribution in [2.24, 2.45) is 0 Å². The van der Waals surface area contributed by atoms with Crippen molar-refractivity contribution in [2.75, 3.05) is 0 Å². The normalized spacial score (nSPS) is 11.2. The minimum atomic E-state index is 0.672. The van der Waals surface area contributed by atoms with Gasteiger partial charge in [0.2, 0.25) is 0 Å². The van der Waals surface area contributed by atoms with Gasteiger partial charge in [-0.25, -0.2) is 29.9 Å². The lowest BCUT2D eigenvalue weighted by Crippen LogP contribution is -1.96. The van der Waals surface area contributed by atoms with Crippen molar-refractivity contribution in [3.8, 4) is 192 Å². The Hall–Kier alpha value is -15.1.